The molecule has 1 aromatic carbocycles. The molecule has 3 heterocycles. The topological polar surface area (TPSA) is 50.6 Å². The van der Waals surface area contributed by atoms with Crippen molar-refractivity contribution in [1.29, 1.82) is 0 Å². The van der Waals surface area contributed by atoms with E-state index in [0.717, 1.165) is 42.3 Å². The lowest BCUT2D eigenvalue weighted by molar-refractivity contribution is 0.0745. The van der Waals surface area contributed by atoms with Crippen molar-refractivity contribution in [3.05, 3.63) is 59.7 Å². The van der Waals surface area contributed by atoms with Crippen LogP contribution in [0.15, 0.2) is 47.9 Å². The highest BCUT2D eigenvalue weighted by molar-refractivity contribution is 6.03. The third-order valence-corrected chi connectivity index (χ3v) is 4.29. The van der Waals surface area contributed by atoms with E-state index in [-0.39, 0.29) is 6.10 Å². The summed E-state index contributed by atoms with van der Waals surface area (Å²) >= 11 is 0. The van der Waals surface area contributed by atoms with Gasteiger partial charge in [0.2, 0.25) is 0 Å². The zero-order valence-electron chi connectivity index (χ0n) is 12.5. The lowest BCUT2D eigenvalue weighted by Crippen LogP contribution is -2.23. The van der Waals surface area contributed by atoms with Gasteiger partial charge in [0.05, 0.1) is 11.6 Å². The molecule has 0 N–H and O–H groups in total. The van der Waals surface area contributed by atoms with Crippen LogP contribution < -0.4 is 0 Å². The number of aromatic nitrogens is 2. The van der Waals surface area contributed by atoms with Crippen molar-refractivity contribution in [2.24, 2.45) is 11.1 Å². The van der Waals surface area contributed by atoms with Crippen LogP contribution in [0, 0.1) is 12.8 Å². The molecule has 2 atom stereocenters. The van der Waals surface area contributed by atoms with Gasteiger partial charge < -0.3 is 4.84 Å². The second-order valence-corrected chi connectivity index (χ2v) is 5.93. The van der Waals surface area contributed by atoms with Gasteiger partial charge in [-0.3, -0.25) is 4.90 Å². The first kappa shape index (κ1) is 13.4. The molecule has 2 aromatic rings. The Labute approximate surface area is 129 Å². The number of aryl methyl sites for hydroxylation is 1. The molecule has 2 aliphatic rings. The summed E-state index contributed by atoms with van der Waals surface area (Å²) in [7, 11) is 0. The summed E-state index contributed by atoms with van der Waals surface area (Å²) in [6, 6.07) is 10.3. The summed E-state index contributed by atoms with van der Waals surface area (Å²) in [5.74, 6) is 1.16. The number of fused-ring (bicyclic) bond motifs is 1. The summed E-state index contributed by atoms with van der Waals surface area (Å²) in [6.07, 6.45) is 3.98. The molecule has 5 heteroatoms. The van der Waals surface area contributed by atoms with E-state index < -0.39 is 0 Å². The van der Waals surface area contributed by atoms with Crippen molar-refractivity contribution in [1.82, 2.24) is 14.9 Å². The molecule has 1 aromatic heterocycles. The number of benzene rings is 1. The Kier molecular flexibility index (Phi) is 3.35. The summed E-state index contributed by atoms with van der Waals surface area (Å²) < 4.78 is 0. The molecule has 0 unspecified atom stereocenters. The molecule has 0 spiro atoms. The van der Waals surface area contributed by atoms with Gasteiger partial charge in [-0.1, -0.05) is 35.5 Å². The van der Waals surface area contributed by atoms with Crippen LogP contribution in [-0.4, -0.2) is 39.8 Å². The second kappa shape index (κ2) is 5.50. The van der Waals surface area contributed by atoms with E-state index >= 15 is 0 Å². The predicted octanol–water partition coefficient (Wildman–Crippen LogP) is 2.02. The van der Waals surface area contributed by atoms with E-state index in [1.807, 2.05) is 37.5 Å². The molecule has 0 saturated carbocycles. The Morgan fingerprint density at radius 2 is 1.91 bits per heavy atom. The van der Waals surface area contributed by atoms with Crippen molar-refractivity contribution in [3.63, 3.8) is 0 Å². The molecule has 22 heavy (non-hydrogen) atoms. The third kappa shape index (κ3) is 2.48. The van der Waals surface area contributed by atoms with Gasteiger partial charge in [-0.2, -0.15) is 0 Å². The van der Waals surface area contributed by atoms with Gasteiger partial charge in [0, 0.05) is 37.6 Å². The van der Waals surface area contributed by atoms with Crippen molar-refractivity contribution in [2.75, 3.05) is 13.1 Å². The maximum absolute atomic E-state index is 5.65. The molecule has 5 nitrogen and oxygen atoms in total. The first-order valence-electron chi connectivity index (χ1n) is 7.58. The molecule has 0 radical (unpaired) electrons. The number of hydrogen-bond acceptors (Lipinski definition) is 5. The van der Waals surface area contributed by atoms with E-state index in [2.05, 4.69) is 32.2 Å². The first-order valence-corrected chi connectivity index (χ1v) is 7.58. The first-order chi connectivity index (χ1) is 10.8. The number of nitrogens with zero attached hydrogens (tertiary/aromatic N) is 4. The van der Waals surface area contributed by atoms with Crippen LogP contribution in [0.25, 0.3) is 0 Å². The Hall–Kier alpha value is -2.27. The summed E-state index contributed by atoms with van der Waals surface area (Å²) in [5, 5.41) is 4.31. The molecule has 0 aliphatic carbocycles. The van der Waals surface area contributed by atoms with Crippen LogP contribution in [-0.2, 0) is 11.4 Å². The van der Waals surface area contributed by atoms with Crippen LogP contribution in [0.3, 0.4) is 0 Å². The Morgan fingerprint density at radius 1 is 1.14 bits per heavy atom. The van der Waals surface area contributed by atoms with E-state index in [4.69, 9.17) is 4.84 Å². The zero-order chi connectivity index (χ0) is 14.9. The molecule has 0 bridgehead atoms. The maximum atomic E-state index is 5.65. The van der Waals surface area contributed by atoms with Gasteiger partial charge in [-0.15, -0.1) is 0 Å². The SMILES string of the molecule is Cc1ncc(CN2C[C@@H]3ON=C(c4ccccc4)[C@@H]3C2)cn1. The predicted molar refractivity (Wildman–Crippen MR) is 83.4 cm³/mol. The molecular formula is C17H18N4O. The number of oxime groups is 1. The fourth-order valence-electron chi connectivity index (χ4n) is 3.18. The molecule has 1 fully saturated rings. The number of likely N-dealkylation sites (tertiary alicyclic amines) is 1. The van der Waals surface area contributed by atoms with Crippen LogP contribution in [0.1, 0.15) is 17.0 Å². The molecule has 4 rings (SSSR count). The smallest absolute Gasteiger partial charge is 0.149 e. The molecule has 2 aliphatic heterocycles. The van der Waals surface area contributed by atoms with Crippen molar-refractivity contribution < 1.29 is 4.84 Å². The largest absolute Gasteiger partial charge is 0.390 e. The lowest BCUT2D eigenvalue weighted by Gasteiger charge is -2.15. The average molecular weight is 294 g/mol. The second-order valence-electron chi connectivity index (χ2n) is 5.93. The fraction of sp³-hybridized carbons (Fsp3) is 0.353. The van der Waals surface area contributed by atoms with Gasteiger partial charge in [-0.05, 0) is 12.5 Å². The quantitative estimate of drug-likeness (QED) is 0.869. The minimum Gasteiger partial charge on any atom is -0.390 e. The third-order valence-electron chi connectivity index (χ3n) is 4.29. The maximum Gasteiger partial charge on any atom is 0.149 e. The van der Waals surface area contributed by atoms with E-state index in [1.165, 1.54) is 0 Å². The highest BCUT2D eigenvalue weighted by Gasteiger charge is 2.42. The van der Waals surface area contributed by atoms with Crippen molar-refractivity contribution in [2.45, 2.75) is 19.6 Å². The zero-order valence-corrected chi connectivity index (χ0v) is 12.5. The van der Waals surface area contributed by atoms with Gasteiger partial charge >= 0.3 is 0 Å². The highest BCUT2D eigenvalue weighted by atomic mass is 16.6. The van der Waals surface area contributed by atoms with Crippen LogP contribution in [0.5, 0.6) is 0 Å². The normalized spacial score (nSPS) is 24.0. The molecule has 1 saturated heterocycles. The van der Waals surface area contributed by atoms with Crippen LogP contribution in [0.4, 0.5) is 0 Å². The molecule has 112 valence electrons. The average Bonchev–Trinajstić information content (AvgIpc) is 3.10. The Morgan fingerprint density at radius 3 is 2.68 bits per heavy atom. The van der Waals surface area contributed by atoms with Crippen molar-refractivity contribution >= 4 is 5.71 Å². The Balaban J connectivity index is 1.46. The minimum atomic E-state index is 0.168. The van der Waals surface area contributed by atoms with Gasteiger partial charge in [-0.25, -0.2) is 9.97 Å². The molecule has 0 amide bonds. The number of rotatable bonds is 3. The minimum absolute atomic E-state index is 0.168. The van der Waals surface area contributed by atoms with Gasteiger partial charge in [0.25, 0.3) is 0 Å². The number of hydrogen-bond donors (Lipinski definition) is 0. The van der Waals surface area contributed by atoms with Crippen molar-refractivity contribution in [3.8, 4) is 0 Å². The van der Waals surface area contributed by atoms with Gasteiger partial charge in [0.1, 0.15) is 11.9 Å². The fourth-order valence-corrected chi connectivity index (χ4v) is 3.18. The lowest BCUT2D eigenvalue weighted by atomic mass is 9.95. The monoisotopic (exact) mass is 294 g/mol. The van der Waals surface area contributed by atoms with E-state index in [1.54, 1.807) is 0 Å². The summed E-state index contributed by atoms with van der Waals surface area (Å²) in [4.78, 5) is 16.6. The molecular weight excluding hydrogens is 276 g/mol. The van der Waals surface area contributed by atoms with E-state index in [9.17, 15) is 0 Å². The van der Waals surface area contributed by atoms with Gasteiger partial charge in [0.15, 0.2) is 0 Å². The summed E-state index contributed by atoms with van der Waals surface area (Å²) in [6.45, 7) is 4.63. The highest BCUT2D eigenvalue weighted by Crippen LogP contribution is 2.30. The van der Waals surface area contributed by atoms with Crippen LogP contribution >= 0.6 is 0 Å². The summed E-state index contributed by atoms with van der Waals surface area (Å²) in [5.41, 5.74) is 3.38. The Bertz CT molecular complexity index is 684. The van der Waals surface area contributed by atoms with E-state index in [0.29, 0.717) is 5.92 Å². The van der Waals surface area contributed by atoms with Crippen LogP contribution in [0.2, 0.25) is 0 Å². The standard InChI is InChI=1S/C17H18N4O/c1-12-18-7-13(8-19-12)9-21-10-15-16(11-21)22-20-17(15)14-5-3-2-4-6-14/h2-8,15-16H,9-11H2,1H3/t15-,16+/m1/s1.